The normalized spacial score (nSPS) is 26.7. The van der Waals surface area contributed by atoms with E-state index in [0.717, 1.165) is 19.6 Å². The van der Waals surface area contributed by atoms with Crippen LogP contribution in [-0.2, 0) is 4.74 Å². The van der Waals surface area contributed by atoms with Crippen molar-refractivity contribution in [3.63, 3.8) is 0 Å². The molecule has 1 aliphatic carbocycles. The molecule has 2 fully saturated rings. The summed E-state index contributed by atoms with van der Waals surface area (Å²) in [5, 5.41) is 3.48. The molecule has 112 valence electrons. The first kappa shape index (κ1) is 15.3. The van der Waals surface area contributed by atoms with Gasteiger partial charge in [0.2, 0.25) is 0 Å². The van der Waals surface area contributed by atoms with Crippen molar-refractivity contribution in [3.8, 4) is 0 Å². The van der Waals surface area contributed by atoms with Gasteiger partial charge in [-0.15, -0.1) is 0 Å². The van der Waals surface area contributed by atoms with Gasteiger partial charge in [0, 0.05) is 25.7 Å². The Morgan fingerprint density at radius 2 is 1.95 bits per heavy atom. The van der Waals surface area contributed by atoms with Crippen molar-refractivity contribution >= 4 is 0 Å². The third-order valence-electron chi connectivity index (χ3n) is 4.66. The SMILES string of the molecule is CC(C)NCCN(C)CC1CCC2(CCCCC2)O1. The number of ether oxygens (including phenoxy) is 1. The topological polar surface area (TPSA) is 24.5 Å². The van der Waals surface area contributed by atoms with Crippen LogP contribution in [0.5, 0.6) is 0 Å². The van der Waals surface area contributed by atoms with Gasteiger partial charge in [-0.2, -0.15) is 0 Å². The van der Waals surface area contributed by atoms with Crippen LogP contribution in [-0.4, -0.2) is 49.3 Å². The van der Waals surface area contributed by atoms with Crippen LogP contribution < -0.4 is 5.32 Å². The summed E-state index contributed by atoms with van der Waals surface area (Å²) in [4.78, 5) is 2.42. The van der Waals surface area contributed by atoms with E-state index in [1.54, 1.807) is 0 Å². The molecule has 2 aliphatic rings. The van der Waals surface area contributed by atoms with Crippen molar-refractivity contribution in [2.24, 2.45) is 0 Å². The maximum Gasteiger partial charge on any atom is 0.0710 e. The number of likely N-dealkylation sites (N-methyl/N-ethyl adjacent to an activating group) is 1. The summed E-state index contributed by atoms with van der Waals surface area (Å²) in [5.41, 5.74) is 0.278. The van der Waals surface area contributed by atoms with Crippen molar-refractivity contribution in [2.75, 3.05) is 26.7 Å². The number of hydrogen-bond donors (Lipinski definition) is 1. The summed E-state index contributed by atoms with van der Waals surface area (Å²) in [6.07, 6.45) is 9.82. The van der Waals surface area contributed by atoms with Gasteiger partial charge in [-0.1, -0.05) is 33.1 Å². The molecule has 1 saturated carbocycles. The largest absolute Gasteiger partial charge is 0.370 e. The van der Waals surface area contributed by atoms with E-state index in [4.69, 9.17) is 4.74 Å². The molecule has 1 atom stereocenters. The lowest BCUT2D eigenvalue weighted by atomic mass is 9.83. The van der Waals surface area contributed by atoms with Crippen LogP contribution in [0.2, 0.25) is 0 Å². The van der Waals surface area contributed by atoms with Crippen LogP contribution in [0.1, 0.15) is 58.8 Å². The highest BCUT2D eigenvalue weighted by molar-refractivity contribution is 4.91. The summed E-state index contributed by atoms with van der Waals surface area (Å²) in [7, 11) is 2.22. The second-order valence-corrected chi connectivity index (χ2v) is 6.89. The average molecular weight is 268 g/mol. The Balaban J connectivity index is 1.66. The zero-order chi connectivity index (χ0) is 13.7. The Labute approximate surface area is 119 Å². The van der Waals surface area contributed by atoms with Gasteiger partial charge in [0.25, 0.3) is 0 Å². The van der Waals surface area contributed by atoms with Crippen LogP contribution in [0.3, 0.4) is 0 Å². The molecule has 3 nitrogen and oxygen atoms in total. The van der Waals surface area contributed by atoms with E-state index in [1.807, 2.05) is 0 Å². The molecule has 0 amide bonds. The smallest absolute Gasteiger partial charge is 0.0710 e. The highest BCUT2D eigenvalue weighted by Gasteiger charge is 2.40. The molecule has 0 bridgehead atoms. The Kier molecular flexibility index (Phi) is 5.67. The molecule has 1 unspecified atom stereocenters. The molecule has 0 aromatic rings. The van der Waals surface area contributed by atoms with E-state index < -0.39 is 0 Å². The molecule has 1 saturated heterocycles. The van der Waals surface area contributed by atoms with E-state index in [2.05, 4.69) is 31.1 Å². The van der Waals surface area contributed by atoms with E-state index in [9.17, 15) is 0 Å². The molecular formula is C16H32N2O. The van der Waals surface area contributed by atoms with Crippen molar-refractivity contribution in [3.05, 3.63) is 0 Å². The first-order valence-corrected chi connectivity index (χ1v) is 8.19. The van der Waals surface area contributed by atoms with E-state index >= 15 is 0 Å². The first-order chi connectivity index (χ1) is 9.10. The van der Waals surface area contributed by atoms with E-state index in [0.29, 0.717) is 12.1 Å². The predicted molar refractivity (Wildman–Crippen MR) is 80.6 cm³/mol. The minimum atomic E-state index is 0.278. The third kappa shape index (κ3) is 4.73. The summed E-state index contributed by atoms with van der Waals surface area (Å²) < 4.78 is 6.43. The van der Waals surface area contributed by atoms with Gasteiger partial charge in [-0.05, 0) is 32.7 Å². The molecule has 19 heavy (non-hydrogen) atoms. The molecular weight excluding hydrogens is 236 g/mol. The van der Waals surface area contributed by atoms with Crippen LogP contribution in [0.4, 0.5) is 0 Å². The summed E-state index contributed by atoms with van der Waals surface area (Å²) in [5.74, 6) is 0. The lowest BCUT2D eigenvalue weighted by Gasteiger charge is -2.34. The molecule has 2 rings (SSSR count). The van der Waals surface area contributed by atoms with Gasteiger partial charge in [0.15, 0.2) is 0 Å². The monoisotopic (exact) mass is 268 g/mol. The van der Waals surface area contributed by atoms with Gasteiger partial charge < -0.3 is 15.0 Å². The Morgan fingerprint density at radius 3 is 2.63 bits per heavy atom. The van der Waals surface area contributed by atoms with Crippen molar-refractivity contribution in [1.82, 2.24) is 10.2 Å². The van der Waals surface area contributed by atoms with Crippen LogP contribution in [0, 0.1) is 0 Å². The summed E-state index contributed by atoms with van der Waals surface area (Å²) >= 11 is 0. The highest BCUT2D eigenvalue weighted by Crippen LogP contribution is 2.41. The van der Waals surface area contributed by atoms with Crippen molar-refractivity contribution in [1.29, 1.82) is 0 Å². The Hall–Kier alpha value is -0.120. The average Bonchev–Trinajstić information content (AvgIpc) is 2.72. The summed E-state index contributed by atoms with van der Waals surface area (Å²) in [6.45, 7) is 7.69. The van der Waals surface area contributed by atoms with E-state index in [1.165, 1.54) is 44.9 Å². The molecule has 1 spiro atoms. The fraction of sp³-hybridized carbons (Fsp3) is 1.00. The van der Waals surface area contributed by atoms with Crippen molar-refractivity contribution in [2.45, 2.75) is 76.5 Å². The second-order valence-electron chi connectivity index (χ2n) is 6.89. The fourth-order valence-electron chi connectivity index (χ4n) is 3.57. The van der Waals surface area contributed by atoms with Crippen LogP contribution in [0.25, 0.3) is 0 Å². The highest BCUT2D eigenvalue weighted by atomic mass is 16.5. The van der Waals surface area contributed by atoms with Crippen LogP contribution in [0.15, 0.2) is 0 Å². The minimum Gasteiger partial charge on any atom is -0.370 e. The quantitative estimate of drug-likeness (QED) is 0.801. The van der Waals surface area contributed by atoms with Gasteiger partial charge in [0.1, 0.15) is 0 Å². The lowest BCUT2D eigenvalue weighted by Crippen LogP contribution is -2.38. The molecule has 0 aromatic heterocycles. The van der Waals surface area contributed by atoms with Crippen LogP contribution >= 0.6 is 0 Å². The molecule has 0 radical (unpaired) electrons. The number of hydrogen-bond acceptors (Lipinski definition) is 3. The molecule has 1 heterocycles. The molecule has 1 N–H and O–H groups in total. The summed E-state index contributed by atoms with van der Waals surface area (Å²) in [6, 6.07) is 0.585. The van der Waals surface area contributed by atoms with Gasteiger partial charge >= 0.3 is 0 Å². The lowest BCUT2D eigenvalue weighted by molar-refractivity contribution is -0.0700. The molecule has 3 heteroatoms. The number of nitrogens with zero attached hydrogens (tertiary/aromatic N) is 1. The van der Waals surface area contributed by atoms with Gasteiger partial charge in [-0.25, -0.2) is 0 Å². The fourth-order valence-corrected chi connectivity index (χ4v) is 3.57. The zero-order valence-corrected chi connectivity index (χ0v) is 13.1. The first-order valence-electron chi connectivity index (χ1n) is 8.19. The number of nitrogens with one attached hydrogen (secondary N) is 1. The third-order valence-corrected chi connectivity index (χ3v) is 4.66. The van der Waals surface area contributed by atoms with Gasteiger partial charge in [-0.3, -0.25) is 0 Å². The predicted octanol–water partition coefficient (Wildman–Crippen LogP) is 2.80. The second kappa shape index (κ2) is 7.05. The number of rotatable bonds is 6. The van der Waals surface area contributed by atoms with E-state index in [-0.39, 0.29) is 5.60 Å². The molecule has 1 aliphatic heterocycles. The minimum absolute atomic E-state index is 0.278. The van der Waals surface area contributed by atoms with Gasteiger partial charge in [0.05, 0.1) is 11.7 Å². The standard InChI is InChI=1S/C16H32N2O/c1-14(2)17-11-12-18(3)13-15-7-10-16(19-15)8-5-4-6-9-16/h14-15,17H,4-13H2,1-3H3. The Morgan fingerprint density at radius 1 is 1.21 bits per heavy atom. The maximum atomic E-state index is 6.43. The Bertz CT molecular complexity index is 261. The van der Waals surface area contributed by atoms with Crippen molar-refractivity contribution < 1.29 is 4.74 Å². The zero-order valence-electron chi connectivity index (χ0n) is 13.1. The maximum absolute atomic E-state index is 6.43. The molecule has 0 aromatic carbocycles.